The van der Waals surface area contributed by atoms with Gasteiger partial charge in [-0.15, -0.1) is 0 Å². The van der Waals surface area contributed by atoms with Crippen LogP contribution in [0.25, 0.3) is 0 Å². The third-order valence-corrected chi connectivity index (χ3v) is 6.63. The monoisotopic (exact) mass is 423 g/mol. The SMILES string of the molecule is CCCCCCCCCCCCCCCCCC(CCc1ccccc1)[C+]1N=CC=N1. The van der Waals surface area contributed by atoms with Crippen LogP contribution in [-0.2, 0) is 6.42 Å². The van der Waals surface area contributed by atoms with Gasteiger partial charge in [0.25, 0.3) is 0 Å². The van der Waals surface area contributed by atoms with Gasteiger partial charge in [0.1, 0.15) is 0 Å². The molecule has 1 atom stereocenters. The number of aryl methyl sites for hydroxylation is 1. The van der Waals surface area contributed by atoms with Gasteiger partial charge in [-0.3, -0.25) is 0 Å². The molecule has 0 spiro atoms. The first-order valence-corrected chi connectivity index (χ1v) is 13.4. The van der Waals surface area contributed by atoms with Crippen LogP contribution >= 0.6 is 0 Å². The van der Waals surface area contributed by atoms with E-state index in [1.165, 1.54) is 108 Å². The lowest BCUT2D eigenvalue weighted by molar-refractivity contribution is 0.430. The summed E-state index contributed by atoms with van der Waals surface area (Å²) in [5, 5.41) is 0. The van der Waals surface area contributed by atoms with Crippen LogP contribution in [0.2, 0.25) is 0 Å². The second-order valence-electron chi connectivity index (χ2n) is 9.37. The predicted molar refractivity (Wildman–Crippen MR) is 138 cm³/mol. The summed E-state index contributed by atoms with van der Waals surface area (Å²) < 4.78 is 0. The Kier molecular flexibility index (Phi) is 15.0. The molecule has 1 aromatic carbocycles. The van der Waals surface area contributed by atoms with Crippen LogP contribution in [0.1, 0.15) is 122 Å². The van der Waals surface area contributed by atoms with Gasteiger partial charge in [0.2, 0.25) is 6.17 Å². The van der Waals surface area contributed by atoms with E-state index in [0.29, 0.717) is 5.92 Å². The Morgan fingerprint density at radius 2 is 1.10 bits per heavy atom. The van der Waals surface area contributed by atoms with E-state index in [4.69, 9.17) is 0 Å². The van der Waals surface area contributed by atoms with Gasteiger partial charge in [-0.2, -0.15) is 0 Å². The van der Waals surface area contributed by atoms with Gasteiger partial charge in [0.15, 0.2) is 12.4 Å². The minimum absolute atomic E-state index is 0.511. The van der Waals surface area contributed by atoms with E-state index in [1.807, 2.05) is 12.4 Å². The van der Waals surface area contributed by atoms with Crippen LogP contribution in [0.3, 0.4) is 0 Å². The van der Waals surface area contributed by atoms with Crippen molar-refractivity contribution in [1.82, 2.24) is 0 Å². The van der Waals surface area contributed by atoms with Crippen molar-refractivity contribution in [3.63, 3.8) is 0 Å². The third kappa shape index (κ3) is 12.8. The Morgan fingerprint density at radius 3 is 1.61 bits per heavy atom. The largest absolute Gasteiger partial charge is 0.243 e. The Morgan fingerprint density at radius 1 is 0.613 bits per heavy atom. The first-order chi connectivity index (χ1) is 15.4. The summed E-state index contributed by atoms with van der Waals surface area (Å²) in [5.41, 5.74) is 1.43. The zero-order valence-electron chi connectivity index (χ0n) is 20.2. The minimum Gasteiger partial charge on any atom is -0.0965 e. The summed E-state index contributed by atoms with van der Waals surface area (Å²) in [7, 11) is 0. The molecule has 1 unspecified atom stereocenters. The highest BCUT2D eigenvalue weighted by atomic mass is 15.0. The number of nitrogens with zero attached hydrogens (tertiary/aromatic N) is 2. The highest BCUT2D eigenvalue weighted by molar-refractivity contribution is 6.18. The molecule has 31 heavy (non-hydrogen) atoms. The lowest BCUT2D eigenvalue weighted by atomic mass is 9.91. The Bertz CT molecular complexity index is 566. The molecule has 2 nitrogen and oxygen atoms in total. The number of rotatable bonds is 20. The van der Waals surface area contributed by atoms with E-state index in [0.717, 1.165) is 19.0 Å². The molecular weight excluding hydrogens is 376 g/mol. The van der Waals surface area contributed by atoms with Crippen LogP contribution in [-0.4, -0.2) is 12.4 Å². The molecule has 172 valence electrons. The summed E-state index contributed by atoms with van der Waals surface area (Å²) in [4.78, 5) is 9.01. The summed E-state index contributed by atoms with van der Waals surface area (Å²) >= 11 is 0. The summed E-state index contributed by atoms with van der Waals surface area (Å²) in [6.07, 6.45) is 29.6. The average molecular weight is 424 g/mol. The number of aliphatic imine (C=N–C) groups is 2. The molecule has 1 aromatic rings. The number of benzene rings is 1. The topological polar surface area (TPSA) is 24.7 Å². The number of unbranched alkanes of at least 4 members (excludes halogenated alkanes) is 14. The van der Waals surface area contributed by atoms with Crippen LogP contribution in [0.5, 0.6) is 0 Å². The molecule has 0 bridgehead atoms. The van der Waals surface area contributed by atoms with Crippen LogP contribution < -0.4 is 0 Å². The molecule has 0 N–H and O–H groups in total. The van der Waals surface area contributed by atoms with E-state index in [9.17, 15) is 0 Å². The normalized spacial score (nSPS) is 13.9. The molecule has 2 heteroatoms. The maximum atomic E-state index is 4.51. The van der Waals surface area contributed by atoms with Crippen molar-refractivity contribution in [3.8, 4) is 0 Å². The van der Waals surface area contributed by atoms with Crippen molar-refractivity contribution in [2.75, 3.05) is 0 Å². The van der Waals surface area contributed by atoms with Gasteiger partial charge in [-0.1, -0.05) is 144 Å². The molecule has 0 aromatic heterocycles. The Balaban J connectivity index is 1.44. The molecule has 1 aliphatic heterocycles. The van der Waals surface area contributed by atoms with E-state index in [2.05, 4.69) is 47.2 Å². The maximum absolute atomic E-state index is 4.51. The van der Waals surface area contributed by atoms with E-state index >= 15 is 0 Å². The van der Waals surface area contributed by atoms with Gasteiger partial charge in [0, 0.05) is 0 Å². The number of hydrogen-bond acceptors (Lipinski definition) is 2. The van der Waals surface area contributed by atoms with E-state index in [-0.39, 0.29) is 0 Å². The highest BCUT2D eigenvalue weighted by Gasteiger charge is 2.28. The maximum Gasteiger partial charge on any atom is 0.243 e. The first-order valence-electron chi connectivity index (χ1n) is 13.4. The van der Waals surface area contributed by atoms with Gasteiger partial charge >= 0.3 is 0 Å². The first kappa shape index (κ1) is 25.7. The van der Waals surface area contributed by atoms with Crippen molar-refractivity contribution < 1.29 is 0 Å². The standard InChI is InChI=1S/C29H47N2/c1-2-3-4-5-6-7-8-9-10-11-12-13-14-15-19-22-28(29-30-25-26-31-29)24-23-27-20-17-16-18-21-27/h16-18,20-21,25-26,28H,2-15,19,22-24H2,1H3/q+1. The molecule has 1 heterocycles. The van der Waals surface area contributed by atoms with Gasteiger partial charge < -0.3 is 0 Å². The third-order valence-electron chi connectivity index (χ3n) is 6.63. The van der Waals surface area contributed by atoms with Crippen molar-refractivity contribution in [2.45, 2.75) is 122 Å². The van der Waals surface area contributed by atoms with E-state index < -0.39 is 0 Å². The van der Waals surface area contributed by atoms with Crippen LogP contribution in [0.15, 0.2) is 40.3 Å². The molecule has 0 saturated heterocycles. The van der Waals surface area contributed by atoms with Crippen molar-refractivity contribution in [1.29, 1.82) is 0 Å². The summed E-state index contributed by atoms with van der Waals surface area (Å²) in [5.74, 6) is 0.511. The fourth-order valence-corrected chi connectivity index (χ4v) is 4.61. The molecule has 0 radical (unpaired) electrons. The highest BCUT2D eigenvalue weighted by Crippen LogP contribution is 2.29. The molecule has 0 aliphatic carbocycles. The van der Waals surface area contributed by atoms with E-state index in [1.54, 1.807) is 0 Å². The second kappa shape index (κ2) is 18.0. The molecule has 0 fully saturated rings. The van der Waals surface area contributed by atoms with Crippen molar-refractivity contribution >= 4 is 12.4 Å². The molecular formula is C29H47N2+. The smallest absolute Gasteiger partial charge is 0.0965 e. The summed E-state index contributed by atoms with van der Waals surface area (Å²) in [6.45, 7) is 2.30. The Labute approximate surface area is 193 Å². The van der Waals surface area contributed by atoms with Gasteiger partial charge in [-0.05, 0) is 24.8 Å². The van der Waals surface area contributed by atoms with Crippen LogP contribution in [0.4, 0.5) is 0 Å². The summed E-state index contributed by atoms with van der Waals surface area (Å²) in [6, 6.07) is 10.8. The molecule has 1 aliphatic rings. The quantitative estimate of drug-likeness (QED) is 0.147. The lowest BCUT2D eigenvalue weighted by Gasteiger charge is -2.14. The minimum atomic E-state index is 0.511. The van der Waals surface area contributed by atoms with Crippen LogP contribution in [0, 0.1) is 12.1 Å². The van der Waals surface area contributed by atoms with Crippen molar-refractivity contribution in [2.24, 2.45) is 15.9 Å². The van der Waals surface area contributed by atoms with Gasteiger partial charge in [-0.25, -0.2) is 0 Å². The van der Waals surface area contributed by atoms with Crippen molar-refractivity contribution in [3.05, 3.63) is 42.1 Å². The molecule has 0 saturated carbocycles. The zero-order valence-corrected chi connectivity index (χ0v) is 20.2. The number of hydrogen-bond donors (Lipinski definition) is 0. The average Bonchev–Trinajstić information content (AvgIpc) is 3.34. The predicted octanol–water partition coefficient (Wildman–Crippen LogP) is 9.14. The molecule has 2 rings (SSSR count). The zero-order chi connectivity index (χ0) is 21.8. The lowest BCUT2D eigenvalue weighted by Crippen LogP contribution is -2.09. The molecule has 0 amide bonds. The fourth-order valence-electron chi connectivity index (χ4n) is 4.61. The second-order valence-corrected chi connectivity index (χ2v) is 9.37. The fraction of sp³-hybridized carbons (Fsp3) is 0.690. The van der Waals surface area contributed by atoms with Gasteiger partial charge in [0.05, 0.1) is 5.92 Å². The Hall–Kier alpha value is -1.57.